The Labute approximate surface area is 442 Å². The Morgan fingerprint density at radius 3 is 1.80 bits per heavy atom. The highest BCUT2D eigenvalue weighted by Crippen LogP contribution is 2.46. The lowest BCUT2D eigenvalue weighted by Gasteiger charge is -2.35. The van der Waals surface area contributed by atoms with Crippen LogP contribution in [0.1, 0.15) is 162 Å². The fourth-order valence-electron chi connectivity index (χ4n) is 12.7. The quantitative estimate of drug-likeness (QED) is 0.0321. The number of esters is 1. The van der Waals surface area contributed by atoms with Crippen molar-refractivity contribution in [3.8, 4) is 5.75 Å². The second-order valence-corrected chi connectivity index (χ2v) is 22.3. The predicted molar refractivity (Wildman–Crippen MR) is 302 cm³/mol. The Hall–Kier alpha value is -5.89. The first kappa shape index (κ1) is 55.9. The minimum atomic E-state index is -0.265. The van der Waals surface area contributed by atoms with Crippen molar-refractivity contribution in [1.29, 1.82) is 0 Å². The first-order valence-electron chi connectivity index (χ1n) is 28.3. The van der Waals surface area contributed by atoms with Crippen LogP contribution in [0, 0.1) is 46.8 Å². The van der Waals surface area contributed by atoms with Gasteiger partial charge in [0, 0.05) is 78.2 Å². The number of fused-ring (bicyclic) bond motifs is 3. The van der Waals surface area contributed by atoms with Crippen LogP contribution in [0.4, 0.5) is 0 Å². The second-order valence-electron chi connectivity index (χ2n) is 22.3. The summed E-state index contributed by atoms with van der Waals surface area (Å²) < 4.78 is 5.59. The highest BCUT2D eigenvalue weighted by Gasteiger charge is 2.43. The topological polar surface area (TPSA) is 116 Å². The highest BCUT2D eigenvalue weighted by atomic mass is 16.5. The van der Waals surface area contributed by atoms with Crippen LogP contribution in [0.15, 0.2) is 122 Å². The summed E-state index contributed by atoms with van der Waals surface area (Å²) in [5.41, 5.74) is 5.66. The summed E-state index contributed by atoms with van der Waals surface area (Å²) in [6.45, 7) is 13.5. The van der Waals surface area contributed by atoms with Crippen molar-refractivity contribution in [3.05, 3.63) is 133 Å². The van der Waals surface area contributed by atoms with Gasteiger partial charge in [-0.15, -0.1) is 0 Å². The molecule has 0 saturated heterocycles. The van der Waals surface area contributed by atoms with Crippen LogP contribution in [0.3, 0.4) is 0 Å². The van der Waals surface area contributed by atoms with E-state index in [0.29, 0.717) is 59.2 Å². The second kappa shape index (κ2) is 27.6. The van der Waals surface area contributed by atoms with Crippen molar-refractivity contribution in [2.75, 3.05) is 0 Å². The molecule has 8 heteroatoms. The van der Waals surface area contributed by atoms with Crippen LogP contribution in [-0.2, 0) is 32.0 Å². The van der Waals surface area contributed by atoms with Crippen LogP contribution in [0.25, 0.3) is 32.7 Å². The largest absolute Gasteiger partial charge is 0.424 e. The lowest BCUT2D eigenvalue weighted by Crippen LogP contribution is -2.31. The Kier molecular flexibility index (Phi) is 20.8. The number of Topliss-reactive ketones (excluding diaryl/α,β-unsaturated/α-hetero) is 3. The van der Waals surface area contributed by atoms with Gasteiger partial charge in [-0.25, -0.2) is 0 Å². The number of hydrogen-bond donors (Lipinski definition) is 0. The van der Waals surface area contributed by atoms with Crippen molar-refractivity contribution in [2.45, 2.75) is 164 Å². The Morgan fingerprint density at radius 1 is 0.622 bits per heavy atom. The highest BCUT2D eigenvalue weighted by molar-refractivity contribution is 5.88. The van der Waals surface area contributed by atoms with Gasteiger partial charge in [0.2, 0.25) is 0 Å². The number of pyridine rings is 3. The normalized spacial score (nSPS) is 21.2. The van der Waals surface area contributed by atoms with Crippen molar-refractivity contribution in [3.63, 3.8) is 0 Å². The van der Waals surface area contributed by atoms with E-state index in [-0.39, 0.29) is 35.1 Å². The third-order valence-corrected chi connectivity index (χ3v) is 16.6. The molecule has 0 spiro atoms. The van der Waals surface area contributed by atoms with Gasteiger partial charge < -0.3 is 4.74 Å². The first-order valence-corrected chi connectivity index (χ1v) is 28.3. The molecule has 3 heterocycles. The van der Waals surface area contributed by atoms with E-state index in [0.717, 1.165) is 106 Å². The maximum absolute atomic E-state index is 12.5. The molecule has 3 fully saturated rings. The minimum absolute atomic E-state index is 0.0322. The summed E-state index contributed by atoms with van der Waals surface area (Å²) in [4.78, 5) is 62.9. The van der Waals surface area contributed by atoms with E-state index in [9.17, 15) is 19.2 Å². The lowest BCUT2D eigenvalue weighted by molar-refractivity contribution is -0.135. The maximum Gasteiger partial charge on any atom is 0.311 e. The average molecular weight is 998 g/mol. The molecule has 3 aliphatic rings. The van der Waals surface area contributed by atoms with E-state index < -0.39 is 0 Å². The molecule has 7 unspecified atom stereocenters. The van der Waals surface area contributed by atoms with E-state index >= 15 is 0 Å². The van der Waals surface area contributed by atoms with Gasteiger partial charge in [-0.1, -0.05) is 159 Å². The van der Waals surface area contributed by atoms with Gasteiger partial charge in [-0.3, -0.25) is 34.1 Å². The van der Waals surface area contributed by atoms with Gasteiger partial charge in [-0.2, -0.15) is 0 Å². The van der Waals surface area contributed by atoms with Gasteiger partial charge in [0.1, 0.15) is 22.9 Å². The molecule has 74 heavy (non-hydrogen) atoms. The molecule has 7 atom stereocenters. The minimum Gasteiger partial charge on any atom is -0.424 e. The molecule has 8 nitrogen and oxygen atoms in total. The molecule has 3 aliphatic carbocycles. The molecule has 9 rings (SSSR count). The number of hydrogen-bond acceptors (Lipinski definition) is 8. The number of para-hydroxylation sites is 3. The zero-order valence-electron chi connectivity index (χ0n) is 45.4. The fourth-order valence-corrected chi connectivity index (χ4v) is 12.7. The molecule has 0 bridgehead atoms. The maximum atomic E-state index is 12.5. The van der Waals surface area contributed by atoms with Gasteiger partial charge in [0.05, 0.1) is 11.0 Å². The summed E-state index contributed by atoms with van der Waals surface area (Å²) in [5.74, 6) is 3.65. The fraction of sp³-hybridized carbons (Fsp3) is 0.500. The number of allylic oxidation sites excluding steroid dienone is 2. The Bertz CT molecular complexity index is 2820. The van der Waals surface area contributed by atoms with Gasteiger partial charge in [-0.05, 0) is 122 Å². The van der Waals surface area contributed by atoms with Gasteiger partial charge in [0.25, 0.3) is 0 Å². The van der Waals surface area contributed by atoms with E-state index in [4.69, 9.17) is 4.74 Å². The van der Waals surface area contributed by atoms with E-state index in [1.807, 2.05) is 48.8 Å². The molecule has 0 radical (unpaired) electrons. The van der Waals surface area contributed by atoms with Crippen LogP contribution >= 0.6 is 0 Å². The molecule has 392 valence electrons. The molecular formula is C66H83N3O5. The number of unbranched alkanes of at least 4 members (excludes halogenated alkanes) is 4. The van der Waals surface area contributed by atoms with Crippen LogP contribution in [0.2, 0.25) is 0 Å². The number of carbonyl (C=O) groups excluding carboxylic acids is 4. The van der Waals surface area contributed by atoms with E-state index in [1.165, 1.54) is 41.2 Å². The zero-order chi connectivity index (χ0) is 52.5. The first-order chi connectivity index (χ1) is 35.9. The van der Waals surface area contributed by atoms with E-state index in [1.54, 1.807) is 12.3 Å². The summed E-state index contributed by atoms with van der Waals surface area (Å²) in [6.07, 6.45) is 28.1. The number of rotatable bonds is 20. The Balaban J connectivity index is 0.000000162. The van der Waals surface area contributed by atoms with E-state index in [2.05, 4.69) is 117 Å². The van der Waals surface area contributed by atoms with Gasteiger partial charge >= 0.3 is 5.97 Å². The van der Waals surface area contributed by atoms with Crippen LogP contribution in [0.5, 0.6) is 5.75 Å². The monoisotopic (exact) mass is 998 g/mol. The summed E-state index contributed by atoms with van der Waals surface area (Å²) in [6, 6.07) is 30.5. The zero-order valence-corrected chi connectivity index (χ0v) is 45.4. The average Bonchev–Trinajstić information content (AvgIpc) is 4.09. The van der Waals surface area contributed by atoms with Crippen molar-refractivity contribution < 1.29 is 23.9 Å². The summed E-state index contributed by atoms with van der Waals surface area (Å²) in [7, 11) is 0. The SMILES string of the molecule is CC/C=C\CC1C(=O)CCC1C(C)Cc1cccc2cccnc12.CCCCCC1C(=O)CCC1C(C)(C)Cc1cccc2cccnc12.CCCCCC1C(=O)CCC1CC(=O)Oc1cccc2cccnc12. The molecule has 3 saturated carbocycles. The third kappa shape index (κ3) is 14.7. The predicted octanol–water partition coefficient (Wildman–Crippen LogP) is 16.0. The molecule has 0 amide bonds. The number of aromatic nitrogens is 3. The number of benzene rings is 3. The molecule has 3 aromatic carbocycles. The van der Waals surface area contributed by atoms with Crippen LogP contribution in [-0.4, -0.2) is 38.3 Å². The summed E-state index contributed by atoms with van der Waals surface area (Å²) in [5, 5.41) is 3.35. The number of carbonyl (C=O) groups is 4. The molecular weight excluding hydrogens is 915 g/mol. The number of ketones is 3. The van der Waals surface area contributed by atoms with Crippen LogP contribution < -0.4 is 4.74 Å². The molecule has 0 N–H and O–H groups in total. The molecule has 3 aromatic heterocycles. The third-order valence-electron chi connectivity index (χ3n) is 16.6. The number of ether oxygens (including phenoxy) is 1. The molecule has 0 aliphatic heterocycles. The van der Waals surface area contributed by atoms with Gasteiger partial charge in [0.15, 0.2) is 5.75 Å². The molecule has 6 aromatic rings. The smallest absolute Gasteiger partial charge is 0.311 e. The summed E-state index contributed by atoms with van der Waals surface area (Å²) >= 11 is 0. The van der Waals surface area contributed by atoms with Crippen molar-refractivity contribution in [1.82, 2.24) is 15.0 Å². The Morgan fingerprint density at radius 2 is 1.15 bits per heavy atom. The standard InChI is InChI=1S/C23H31NO.C22H27NO.C21H25NO3/c1-4-5-6-12-19-20(13-14-21(19)25)23(2,3)16-18-10-7-9-17-11-8-15-24-22(17)18;1-3-4-5-11-20-19(12-13-21(20)24)16(2)15-18-9-6-8-17-10-7-14-23-22(17)18;1-2-3-4-9-17-16(11-12-18(17)23)14-20(24)25-19-10-5-7-15-8-6-13-22-21(15)19/h7-11,15,19-20H,4-6,12-14,16H2,1-3H3;4-10,14,16,19-20H,3,11-13,15H2,1-2H3;5-8,10,13,16-17H,2-4,9,11-12,14H2,1H3/b;5-4-;. The van der Waals surface area contributed by atoms with Crippen molar-refractivity contribution >= 4 is 56.0 Å². The lowest BCUT2D eigenvalue weighted by atomic mass is 9.68. The van der Waals surface area contributed by atoms with Crippen molar-refractivity contribution in [2.24, 2.45) is 46.8 Å². The number of nitrogens with zero attached hydrogens (tertiary/aromatic N) is 3.